The molecule has 1 atom stereocenters. The maximum absolute atomic E-state index is 12.4. The number of amides is 2. The number of aliphatic carboxylic acids is 1. The molecule has 1 aliphatic carbocycles. The lowest BCUT2D eigenvalue weighted by atomic mass is 9.85. The fraction of sp³-hybridized carbons (Fsp3) is 0.875. The highest BCUT2D eigenvalue weighted by Crippen LogP contribution is 2.26. The summed E-state index contributed by atoms with van der Waals surface area (Å²) in [7, 11) is 0. The lowest BCUT2D eigenvalue weighted by Crippen LogP contribution is -2.58. The molecule has 0 spiro atoms. The van der Waals surface area contributed by atoms with Crippen LogP contribution < -0.4 is 5.32 Å². The van der Waals surface area contributed by atoms with E-state index in [0.717, 1.165) is 19.4 Å². The van der Waals surface area contributed by atoms with Gasteiger partial charge in [0, 0.05) is 24.7 Å². The summed E-state index contributed by atoms with van der Waals surface area (Å²) in [5.74, 6) is -0.372. The number of hydrogen-bond acceptors (Lipinski definition) is 3. The minimum absolute atomic E-state index is 0.00608. The fourth-order valence-corrected chi connectivity index (χ4v) is 2.91. The molecule has 1 aliphatic rings. The van der Waals surface area contributed by atoms with E-state index < -0.39 is 5.97 Å². The zero-order chi connectivity index (χ0) is 16.9. The van der Waals surface area contributed by atoms with E-state index in [-0.39, 0.29) is 30.7 Å². The number of nitrogens with zero attached hydrogens (tertiary/aromatic N) is 2. The first-order valence-electron chi connectivity index (χ1n) is 8.33. The lowest BCUT2D eigenvalue weighted by molar-refractivity contribution is -0.139. The van der Waals surface area contributed by atoms with Gasteiger partial charge in [0.15, 0.2) is 0 Å². The molecule has 0 bridgehead atoms. The van der Waals surface area contributed by atoms with Crippen molar-refractivity contribution in [3.63, 3.8) is 0 Å². The molecule has 1 rings (SSSR count). The standard InChI is InChI=1S/C16H31N3O3/c1-6-18(10-15(20)21)14-8-13(9-14)17-16(22)19(7-2)12(5)11(3)4/h11-14H,6-10H2,1-5H3,(H,17,22)(H,20,21). The van der Waals surface area contributed by atoms with Gasteiger partial charge in [0.2, 0.25) is 0 Å². The highest BCUT2D eigenvalue weighted by molar-refractivity contribution is 5.75. The van der Waals surface area contributed by atoms with Gasteiger partial charge in [0.25, 0.3) is 0 Å². The number of carboxylic acids is 1. The van der Waals surface area contributed by atoms with Crippen molar-refractivity contribution >= 4 is 12.0 Å². The minimum atomic E-state index is -0.794. The summed E-state index contributed by atoms with van der Waals surface area (Å²) in [6.07, 6.45) is 1.67. The third-order valence-corrected chi connectivity index (χ3v) is 4.76. The maximum atomic E-state index is 12.4. The van der Waals surface area contributed by atoms with Crippen LogP contribution in [0.2, 0.25) is 0 Å². The van der Waals surface area contributed by atoms with Crippen LogP contribution in [0.3, 0.4) is 0 Å². The zero-order valence-electron chi connectivity index (χ0n) is 14.5. The van der Waals surface area contributed by atoms with Crippen LogP contribution in [-0.2, 0) is 4.79 Å². The van der Waals surface area contributed by atoms with E-state index in [1.807, 2.05) is 23.6 Å². The number of carboxylic acid groups (broad SMARTS) is 1. The Kier molecular flexibility index (Phi) is 7.13. The molecule has 0 radical (unpaired) electrons. The molecule has 0 heterocycles. The first kappa shape index (κ1) is 18.7. The molecule has 2 amide bonds. The summed E-state index contributed by atoms with van der Waals surface area (Å²) in [5.41, 5.74) is 0. The van der Waals surface area contributed by atoms with Crippen LogP contribution in [0.5, 0.6) is 0 Å². The Hall–Kier alpha value is -1.30. The van der Waals surface area contributed by atoms with Crippen LogP contribution >= 0.6 is 0 Å². The van der Waals surface area contributed by atoms with E-state index in [1.165, 1.54) is 0 Å². The largest absolute Gasteiger partial charge is 0.480 e. The van der Waals surface area contributed by atoms with Crippen LogP contribution in [0.15, 0.2) is 0 Å². The highest BCUT2D eigenvalue weighted by atomic mass is 16.4. The van der Waals surface area contributed by atoms with Gasteiger partial charge in [-0.1, -0.05) is 20.8 Å². The predicted octanol–water partition coefficient (Wildman–Crippen LogP) is 2.00. The van der Waals surface area contributed by atoms with Gasteiger partial charge >= 0.3 is 12.0 Å². The number of carbonyl (C=O) groups is 2. The predicted molar refractivity (Wildman–Crippen MR) is 86.9 cm³/mol. The van der Waals surface area contributed by atoms with Crippen LogP contribution in [0.4, 0.5) is 4.79 Å². The van der Waals surface area contributed by atoms with Gasteiger partial charge in [0.05, 0.1) is 6.54 Å². The van der Waals surface area contributed by atoms with Gasteiger partial charge in [-0.25, -0.2) is 4.79 Å². The topological polar surface area (TPSA) is 72.9 Å². The number of likely N-dealkylation sites (N-methyl/N-ethyl adjacent to an activating group) is 1. The summed E-state index contributed by atoms with van der Waals surface area (Å²) in [6, 6.07) is 0.631. The summed E-state index contributed by atoms with van der Waals surface area (Å²) >= 11 is 0. The third-order valence-electron chi connectivity index (χ3n) is 4.76. The summed E-state index contributed by atoms with van der Waals surface area (Å²) in [6.45, 7) is 11.8. The Morgan fingerprint density at radius 3 is 2.18 bits per heavy atom. The second kappa shape index (κ2) is 8.36. The highest BCUT2D eigenvalue weighted by Gasteiger charge is 2.35. The molecule has 128 valence electrons. The summed E-state index contributed by atoms with van der Waals surface area (Å²) < 4.78 is 0. The van der Waals surface area contributed by atoms with Crippen molar-refractivity contribution in [3.05, 3.63) is 0 Å². The number of urea groups is 1. The molecule has 0 aromatic rings. The Balaban J connectivity index is 2.44. The second-order valence-electron chi connectivity index (χ2n) is 6.50. The molecule has 0 saturated heterocycles. The lowest BCUT2D eigenvalue weighted by Gasteiger charge is -2.43. The van der Waals surface area contributed by atoms with Crippen LogP contribution in [0.1, 0.15) is 47.5 Å². The number of hydrogen-bond donors (Lipinski definition) is 2. The third kappa shape index (κ3) is 4.87. The molecular weight excluding hydrogens is 282 g/mol. The van der Waals surface area contributed by atoms with Gasteiger partial charge in [-0.15, -0.1) is 0 Å². The van der Waals surface area contributed by atoms with E-state index >= 15 is 0 Å². The van der Waals surface area contributed by atoms with Gasteiger partial charge < -0.3 is 15.3 Å². The van der Waals surface area contributed by atoms with Crippen molar-refractivity contribution in [3.8, 4) is 0 Å². The zero-order valence-corrected chi connectivity index (χ0v) is 14.5. The van der Waals surface area contributed by atoms with E-state index in [0.29, 0.717) is 12.5 Å². The Morgan fingerprint density at radius 2 is 1.77 bits per heavy atom. The van der Waals surface area contributed by atoms with Crippen molar-refractivity contribution < 1.29 is 14.7 Å². The average Bonchev–Trinajstić information content (AvgIpc) is 2.40. The van der Waals surface area contributed by atoms with E-state index in [2.05, 4.69) is 26.1 Å². The minimum Gasteiger partial charge on any atom is -0.480 e. The van der Waals surface area contributed by atoms with Gasteiger partial charge in [-0.2, -0.15) is 0 Å². The van der Waals surface area contributed by atoms with Gasteiger partial charge in [-0.05, 0) is 39.2 Å². The molecule has 0 aromatic heterocycles. The fourth-order valence-electron chi connectivity index (χ4n) is 2.91. The number of nitrogens with one attached hydrogen (secondary N) is 1. The Labute approximate surface area is 133 Å². The van der Waals surface area contributed by atoms with Crippen molar-refractivity contribution in [1.82, 2.24) is 15.1 Å². The Morgan fingerprint density at radius 1 is 1.18 bits per heavy atom. The second-order valence-corrected chi connectivity index (χ2v) is 6.50. The molecule has 6 nitrogen and oxygen atoms in total. The summed E-state index contributed by atoms with van der Waals surface area (Å²) in [5, 5.41) is 12.0. The van der Waals surface area contributed by atoms with Gasteiger partial charge in [-0.3, -0.25) is 9.69 Å². The average molecular weight is 313 g/mol. The normalized spacial score (nSPS) is 22.3. The number of rotatable bonds is 8. The first-order chi connectivity index (χ1) is 10.3. The molecule has 1 unspecified atom stereocenters. The SMILES string of the molecule is CCN(CC(=O)O)C1CC(NC(=O)N(CC)C(C)C(C)C)C1. The molecule has 6 heteroatoms. The molecule has 2 N–H and O–H groups in total. The first-order valence-corrected chi connectivity index (χ1v) is 8.33. The molecule has 1 fully saturated rings. The van der Waals surface area contributed by atoms with Crippen LogP contribution in [-0.4, -0.2) is 64.7 Å². The molecule has 22 heavy (non-hydrogen) atoms. The summed E-state index contributed by atoms with van der Waals surface area (Å²) in [4.78, 5) is 27.0. The van der Waals surface area contributed by atoms with Crippen molar-refractivity contribution in [2.75, 3.05) is 19.6 Å². The smallest absolute Gasteiger partial charge is 0.317 e. The van der Waals surface area contributed by atoms with Crippen molar-refractivity contribution in [2.24, 2.45) is 5.92 Å². The van der Waals surface area contributed by atoms with E-state index in [9.17, 15) is 9.59 Å². The van der Waals surface area contributed by atoms with Crippen molar-refractivity contribution in [1.29, 1.82) is 0 Å². The molecule has 0 aliphatic heterocycles. The quantitative estimate of drug-likeness (QED) is 0.719. The van der Waals surface area contributed by atoms with Gasteiger partial charge in [0.1, 0.15) is 0 Å². The maximum Gasteiger partial charge on any atom is 0.317 e. The monoisotopic (exact) mass is 313 g/mol. The van der Waals surface area contributed by atoms with E-state index in [1.54, 1.807) is 0 Å². The van der Waals surface area contributed by atoms with Crippen molar-refractivity contribution in [2.45, 2.75) is 65.6 Å². The van der Waals surface area contributed by atoms with Crippen LogP contribution in [0, 0.1) is 5.92 Å². The Bertz CT molecular complexity index is 381. The van der Waals surface area contributed by atoms with E-state index in [4.69, 9.17) is 5.11 Å². The molecule has 0 aromatic carbocycles. The molecule has 1 saturated carbocycles. The number of carbonyl (C=O) groups excluding carboxylic acids is 1. The molecular formula is C16H31N3O3. The van der Waals surface area contributed by atoms with Crippen LogP contribution in [0.25, 0.3) is 0 Å².